The average Bonchev–Trinajstić information content (AvgIpc) is 2.89. The third-order valence-electron chi connectivity index (χ3n) is 2.61. The summed E-state index contributed by atoms with van der Waals surface area (Å²) in [6.07, 6.45) is 0. The molecule has 0 saturated heterocycles. The fraction of sp³-hybridized carbons (Fsp3) is 0.133. The SMILES string of the molecule is NCC#Cc1ccccc1CNC(=O)c1sccc1Cl. The first-order valence-electron chi connectivity index (χ1n) is 6.00. The zero-order valence-corrected chi connectivity index (χ0v) is 12.2. The first-order chi connectivity index (χ1) is 9.72. The van der Waals surface area contributed by atoms with E-state index in [2.05, 4.69) is 17.2 Å². The maximum absolute atomic E-state index is 12.0. The highest BCUT2D eigenvalue weighted by Crippen LogP contribution is 2.21. The van der Waals surface area contributed by atoms with Gasteiger partial charge in [-0.3, -0.25) is 4.79 Å². The summed E-state index contributed by atoms with van der Waals surface area (Å²) in [6.45, 7) is 0.716. The molecule has 1 amide bonds. The average molecular weight is 305 g/mol. The predicted octanol–water partition coefficient (Wildman–Crippen LogP) is 2.64. The van der Waals surface area contributed by atoms with Crippen LogP contribution in [-0.2, 0) is 6.54 Å². The molecule has 0 fully saturated rings. The van der Waals surface area contributed by atoms with Crippen LogP contribution in [0.2, 0.25) is 5.02 Å². The molecular formula is C15H13ClN2OS. The van der Waals surface area contributed by atoms with Crippen LogP contribution in [0.3, 0.4) is 0 Å². The van der Waals surface area contributed by atoms with Gasteiger partial charge in [-0.05, 0) is 23.1 Å². The first kappa shape index (κ1) is 14.6. The molecule has 1 heterocycles. The zero-order chi connectivity index (χ0) is 14.4. The van der Waals surface area contributed by atoms with E-state index >= 15 is 0 Å². The molecule has 3 nitrogen and oxygen atoms in total. The summed E-state index contributed by atoms with van der Waals surface area (Å²) >= 11 is 7.25. The van der Waals surface area contributed by atoms with E-state index in [-0.39, 0.29) is 5.91 Å². The Morgan fingerprint density at radius 2 is 2.15 bits per heavy atom. The number of nitrogens with one attached hydrogen (secondary N) is 1. The van der Waals surface area contributed by atoms with E-state index in [9.17, 15) is 4.79 Å². The Bertz CT molecular complexity index is 670. The highest BCUT2D eigenvalue weighted by molar-refractivity contribution is 7.12. The van der Waals surface area contributed by atoms with E-state index in [1.807, 2.05) is 24.3 Å². The number of nitrogens with two attached hydrogens (primary N) is 1. The third kappa shape index (κ3) is 3.61. The fourth-order valence-electron chi connectivity index (χ4n) is 1.65. The van der Waals surface area contributed by atoms with Crippen molar-refractivity contribution in [3.8, 4) is 11.8 Å². The van der Waals surface area contributed by atoms with Crippen molar-refractivity contribution in [2.24, 2.45) is 5.73 Å². The van der Waals surface area contributed by atoms with Crippen LogP contribution in [0.4, 0.5) is 0 Å². The highest BCUT2D eigenvalue weighted by atomic mass is 35.5. The molecule has 0 atom stereocenters. The van der Waals surface area contributed by atoms with E-state index in [0.29, 0.717) is 23.0 Å². The molecule has 0 saturated carbocycles. The summed E-state index contributed by atoms with van der Waals surface area (Å²) in [5.74, 6) is 5.63. The second kappa shape index (κ2) is 7.11. The highest BCUT2D eigenvalue weighted by Gasteiger charge is 2.11. The number of carbonyl (C=O) groups is 1. The molecule has 102 valence electrons. The van der Waals surface area contributed by atoms with E-state index in [1.165, 1.54) is 11.3 Å². The number of hydrogen-bond donors (Lipinski definition) is 2. The van der Waals surface area contributed by atoms with Gasteiger partial charge in [0.1, 0.15) is 4.88 Å². The number of carbonyl (C=O) groups excluding carboxylic acids is 1. The van der Waals surface area contributed by atoms with Gasteiger partial charge in [-0.15, -0.1) is 11.3 Å². The van der Waals surface area contributed by atoms with Gasteiger partial charge in [0.05, 0.1) is 11.6 Å². The van der Waals surface area contributed by atoms with Gasteiger partial charge in [0.2, 0.25) is 0 Å². The molecule has 0 aliphatic carbocycles. The van der Waals surface area contributed by atoms with E-state index < -0.39 is 0 Å². The monoisotopic (exact) mass is 304 g/mol. The van der Waals surface area contributed by atoms with Gasteiger partial charge < -0.3 is 11.1 Å². The van der Waals surface area contributed by atoms with Crippen molar-refractivity contribution in [3.63, 3.8) is 0 Å². The first-order valence-corrected chi connectivity index (χ1v) is 7.26. The number of hydrogen-bond acceptors (Lipinski definition) is 3. The van der Waals surface area contributed by atoms with Crippen molar-refractivity contribution in [1.82, 2.24) is 5.32 Å². The Balaban J connectivity index is 2.08. The van der Waals surface area contributed by atoms with Crippen LogP contribution in [0.1, 0.15) is 20.8 Å². The molecule has 20 heavy (non-hydrogen) atoms. The van der Waals surface area contributed by atoms with E-state index in [1.54, 1.807) is 11.4 Å². The lowest BCUT2D eigenvalue weighted by molar-refractivity contribution is 0.0955. The second-order valence-corrected chi connectivity index (χ2v) is 5.27. The zero-order valence-electron chi connectivity index (χ0n) is 10.7. The van der Waals surface area contributed by atoms with Crippen molar-refractivity contribution < 1.29 is 4.79 Å². The Morgan fingerprint density at radius 1 is 1.35 bits per heavy atom. The van der Waals surface area contributed by atoms with Gasteiger partial charge in [-0.1, -0.05) is 41.6 Å². The van der Waals surface area contributed by atoms with E-state index in [4.69, 9.17) is 17.3 Å². The summed E-state index contributed by atoms with van der Waals surface area (Å²) < 4.78 is 0. The minimum atomic E-state index is -0.174. The van der Waals surface area contributed by atoms with Gasteiger partial charge in [-0.25, -0.2) is 0 Å². The van der Waals surface area contributed by atoms with Crippen molar-refractivity contribution in [2.75, 3.05) is 6.54 Å². The van der Waals surface area contributed by atoms with Gasteiger partial charge in [0.25, 0.3) is 5.91 Å². The number of benzene rings is 1. The Hall–Kier alpha value is -1.80. The largest absolute Gasteiger partial charge is 0.347 e. The minimum Gasteiger partial charge on any atom is -0.347 e. The smallest absolute Gasteiger partial charge is 0.263 e. The maximum atomic E-state index is 12.0. The Labute approximate surface area is 126 Å². The van der Waals surface area contributed by atoms with Gasteiger partial charge >= 0.3 is 0 Å². The summed E-state index contributed by atoms with van der Waals surface area (Å²) in [5, 5.41) is 5.11. The molecule has 2 aromatic rings. The molecule has 5 heteroatoms. The molecule has 0 radical (unpaired) electrons. The van der Waals surface area contributed by atoms with E-state index in [0.717, 1.165) is 11.1 Å². The molecule has 0 bridgehead atoms. The van der Waals surface area contributed by atoms with Crippen LogP contribution >= 0.6 is 22.9 Å². The number of halogens is 1. The van der Waals surface area contributed by atoms with Crippen LogP contribution in [-0.4, -0.2) is 12.5 Å². The number of rotatable bonds is 3. The molecule has 0 aliphatic heterocycles. The van der Waals surface area contributed by atoms with Crippen LogP contribution in [0.25, 0.3) is 0 Å². The summed E-state index contributed by atoms with van der Waals surface area (Å²) in [4.78, 5) is 12.5. The lowest BCUT2D eigenvalue weighted by Gasteiger charge is -2.06. The van der Waals surface area contributed by atoms with Crippen molar-refractivity contribution in [1.29, 1.82) is 0 Å². The quantitative estimate of drug-likeness (QED) is 0.857. The lowest BCUT2D eigenvalue weighted by Crippen LogP contribution is -2.22. The molecule has 0 unspecified atom stereocenters. The van der Waals surface area contributed by atoms with Crippen LogP contribution in [0.15, 0.2) is 35.7 Å². The van der Waals surface area contributed by atoms with Crippen molar-refractivity contribution in [2.45, 2.75) is 6.54 Å². The minimum absolute atomic E-state index is 0.174. The Morgan fingerprint density at radius 3 is 2.85 bits per heavy atom. The van der Waals surface area contributed by atoms with Crippen LogP contribution in [0, 0.1) is 11.8 Å². The molecule has 3 N–H and O–H groups in total. The normalized spacial score (nSPS) is 9.70. The molecule has 1 aromatic carbocycles. The van der Waals surface area contributed by atoms with Crippen molar-refractivity contribution >= 4 is 28.8 Å². The van der Waals surface area contributed by atoms with Gasteiger partial charge in [0, 0.05) is 12.1 Å². The Kier molecular flexibility index (Phi) is 5.19. The standard InChI is InChI=1S/C15H13ClN2OS/c16-13-7-9-20-14(13)15(19)18-10-12-5-2-1-4-11(12)6-3-8-17/h1-2,4-5,7,9H,8,10,17H2,(H,18,19). The molecule has 2 rings (SSSR count). The summed E-state index contributed by atoms with van der Waals surface area (Å²) in [6, 6.07) is 9.36. The van der Waals surface area contributed by atoms with Crippen molar-refractivity contribution in [3.05, 3.63) is 56.7 Å². The predicted molar refractivity (Wildman–Crippen MR) is 82.9 cm³/mol. The number of thiophene rings is 1. The fourth-order valence-corrected chi connectivity index (χ4v) is 2.71. The molecule has 0 aliphatic rings. The van der Waals surface area contributed by atoms with Gasteiger partial charge in [0.15, 0.2) is 0 Å². The summed E-state index contributed by atoms with van der Waals surface area (Å²) in [5.41, 5.74) is 7.20. The topological polar surface area (TPSA) is 55.1 Å². The third-order valence-corrected chi connectivity index (χ3v) is 3.95. The van der Waals surface area contributed by atoms with Gasteiger partial charge in [-0.2, -0.15) is 0 Å². The van der Waals surface area contributed by atoms with Crippen LogP contribution in [0.5, 0.6) is 0 Å². The summed E-state index contributed by atoms with van der Waals surface area (Å²) in [7, 11) is 0. The molecule has 1 aromatic heterocycles. The number of amides is 1. The molecular weight excluding hydrogens is 292 g/mol. The lowest BCUT2D eigenvalue weighted by atomic mass is 10.1. The maximum Gasteiger partial charge on any atom is 0.263 e. The van der Waals surface area contributed by atoms with Crippen LogP contribution < -0.4 is 11.1 Å². The second-order valence-electron chi connectivity index (χ2n) is 3.94. The molecule has 0 spiro atoms.